The minimum Gasteiger partial charge on any atom is -0.341 e. The van der Waals surface area contributed by atoms with E-state index in [1.54, 1.807) is 0 Å². The minimum atomic E-state index is -0.409. The van der Waals surface area contributed by atoms with Crippen LogP contribution in [0.25, 0.3) is 0 Å². The third-order valence-electron chi connectivity index (χ3n) is 4.41. The molecule has 1 amide bonds. The number of nitrogens with two attached hydrogens (primary N) is 1. The van der Waals surface area contributed by atoms with Gasteiger partial charge in [0.25, 0.3) is 0 Å². The minimum absolute atomic E-state index is 0.107. The molecule has 0 bridgehead atoms. The lowest BCUT2D eigenvalue weighted by atomic mass is 9.86. The summed E-state index contributed by atoms with van der Waals surface area (Å²) in [5.41, 5.74) is 7.21. The van der Waals surface area contributed by atoms with Crippen molar-refractivity contribution in [1.29, 1.82) is 0 Å². The third kappa shape index (κ3) is 3.83. The first-order valence-electron chi connectivity index (χ1n) is 7.66. The second-order valence-corrected chi connectivity index (χ2v) is 6.20. The van der Waals surface area contributed by atoms with Crippen LogP contribution >= 0.6 is 0 Å². The van der Waals surface area contributed by atoms with Crippen molar-refractivity contribution >= 4 is 5.91 Å². The molecular weight excluding hydrogens is 248 g/mol. The highest BCUT2D eigenvalue weighted by molar-refractivity contribution is 5.82. The molecule has 3 nitrogen and oxygen atoms in total. The van der Waals surface area contributed by atoms with Gasteiger partial charge in [0.15, 0.2) is 0 Å². The van der Waals surface area contributed by atoms with Crippen LogP contribution in [-0.4, -0.2) is 29.9 Å². The lowest BCUT2D eigenvalue weighted by Gasteiger charge is -2.35. The van der Waals surface area contributed by atoms with E-state index in [4.69, 9.17) is 5.73 Å². The Bertz CT molecular complexity index is 422. The van der Waals surface area contributed by atoms with Gasteiger partial charge in [0, 0.05) is 13.1 Å². The SMILES string of the molecule is CC(C)C1CCN(C(=O)[C@H](N)Cc2ccccc2)CC1. The summed E-state index contributed by atoms with van der Waals surface area (Å²) in [6.45, 7) is 6.26. The van der Waals surface area contributed by atoms with Crippen molar-refractivity contribution in [3.63, 3.8) is 0 Å². The van der Waals surface area contributed by atoms with Gasteiger partial charge in [-0.3, -0.25) is 4.79 Å². The van der Waals surface area contributed by atoms with Gasteiger partial charge in [0.1, 0.15) is 0 Å². The topological polar surface area (TPSA) is 46.3 Å². The number of rotatable bonds is 4. The first-order chi connectivity index (χ1) is 9.58. The van der Waals surface area contributed by atoms with Crippen LogP contribution in [0.15, 0.2) is 30.3 Å². The van der Waals surface area contributed by atoms with Gasteiger partial charge in [0.2, 0.25) is 5.91 Å². The highest BCUT2D eigenvalue weighted by atomic mass is 16.2. The maximum absolute atomic E-state index is 12.4. The van der Waals surface area contributed by atoms with E-state index in [0.717, 1.165) is 37.4 Å². The van der Waals surface area contributed by atoms with Crippen molar-refractivity contribution in [3.05, 3.63) is 35.9 Å². The number of piperidine rings is 1. The average Bonchev–Trinajstić information content (AvgIpc) is 2.47. The number of carbonyl (C=O) groups excluding carboxylic acids is 1. The first kappa shape index (κ1) is 15.0. The van der Waals surface area contributed by atoms with Crippen LogP contribution in [0.5, 0.6) is 0 Å². The molecule has 1 saturated heterocycles. The van der Waals surface area contributed by atoms with Crippen LogP contribution in [0, 0.1) is 11.8 Å². The molecule has 2 N–H and O–H groups in total. The molecule has 0 aromatic heterocycles. The van der Waals surface area contributed by atoms with E-state index in [9.17, 15) is 4.79 Å². The van der Waals surface area contributed by atoms with Crippen molar-refractivity contribution < 1.29 is 4.79 Å². The summed E-state index contributed by atoms with van der Waals surface area (Å²) in [4.78, 5) is 14.3. The van der Waals surface area contributed by atoms with Gasteiger partial charge < -0.3 is 10.6 Å². The summed E-state index contributed by atoms with van der Waals surface area (Å²) in [5, 5.41) is 0. The fraction of sp³-hybridized carbons (Fsp3) is 0.588. The Kier molecular flexibility index (Phi) is 5.18. The predicted octanol–water partition coefficient (Wildman–Crippen LogP) is 2.45. The van der Waals surface area contributed by atoms with Gasteiger partial charge >= 0.3 is 0 Å². The number of carbonyl (C=O) groups is 1. The fourth-order valence-corrected chi connectivity index (χ4v) is 2.98. The molecular formula is C17H26N2O. The smallest absolute Gasteiger partial charge is 0.239 e. The Morgan fingerprint density at radius 1 is 1.25 bits per heavy atom. The molecule has 110 valence electrons. The van der Waals surface area contributed by atoms with Crippen LogP contribution in [0.4, 0.5) is 0 Å². The third-order valence-corrected chi connectivity index (χ3v) is 4.41. The van der Waals surface area contributed by atoms with Crippen molar-refractivity contribution in [2.45, 2.75) is 39.2 Å². The molecule has 1 aliphatic heterocycles. The van der Waals surface area contributed by atoms with Crippen molar-refractivity contribution in [2.75, 3.05) is 13.1 Å². The largest absolute Gasteiger partial charge is 0.341 e. The van der Waals surface area contributed by atoms with Crippen LogP contribution in [0.1, 0.15) is 32.3 Å². The molecule has 0 aliphatic carbocycles. The zero-order chi connectivity index (χ0) is 14.5. The molecule has 3 heteroatoms. The second kappa shape index (κ2) is 6.89. The number of likely N-dealkylation sites (tertiary alicyclic amines) is 1. The Hall–Kier alpha value is -1.35. The van der Waals surface area contributed by atoms with Gasteiger partial charge in [-0.05, 0) is 36.7 Å². The van der Waals surface area contributed by atoms with Crippen LogP contribution < -0.4 is 5.73 Å². The molecule has 1 aliphatic rings. The second-order valence-electron chi connectivity index (χ2n) is 6.20. The van der Waals surface area contributed by atoms with Crippen molar-refractivity contribution in [3.8, 4) is 0 Å². The lowest BCUT2D eigenvalue weighted by molar-refractivity contribution is -0.134. The number of benzene rings is 1. The molecule has 1 aromatic carbocycles. The molecule has 20 heavy (non-hydrogen) atoms. The summed E-state index contributed by atoms with van der Waals surface area (Å²) in [5.74, 6) is 1.57. The van der Waals surface area contributed by atoms with Gasteiger partial charge in [-0.25, -0.2) is 0 Å². The Morgan fingerprint density at radius 2 is 1.85 bits per heavy atom. The van der Waals surface area contributed by atoms with E-state index >= 15 is 0 Å². The summed E-state index contributed by atoms with van der Waals surface area (Å²) < 4.78 is 0. The Balaban J connectivity index is 1.85. The first-order valence-corrected chi connectivity index (χ1v) is 7.66. The maximum atomic E-state index is 12.4. The molecule has 1 atom stereocenters. The van der Waals surface area contributed by atoms with Crippen LogP contribution in [-0.2, 0) is 11.2 Å². The quantitative estimate of drug-likeness (QED) is 0.916. The molecule has 0 unspecified atom stereocenters. The molecule has 0 saturated carbocycles. The normalized spacial score (nSPS) is 18.3. The molecule has 1 heterocycles. The van der Waals surface area contributed by atoms with E-state index in [1.165, 1.54) is 0 Å². The van der Waals surface area contributed by atoms with E-state index in [0.29, 0.717) is 12.3 Å². The zero-order valence-corrected chi connectivity index (χ0v) is 12.6. The molecule has 1 aromatic rings. The van der Waals surface area contributed by atoms with Gasteiger partial charge in [-0.15, -0.1) is 0 Å². The van der Waals surface area contributed by atoms with E-state index in [1.807, 2.05) is 35.2 Å². The van der Waals surface area contributed by atoms with Gasteiger partial charge in [-0.2, -0.15) is 0 Å². The number of hydrogen-bond donors (Lipinski definition) is 1. The van der Waals surface area contributed by atoms with E-state index < -0.39 is 6.04 Å². The number of hydrogen-bond acceptors (Lipinski definition) is 2. The summed E-state index contributed by atoms with van der Waals surface area (Å²) in [6, 6.07) is 9.60. The summed E-state index contributed by atoms with van der Waals surface area (Å²) in [6.07, 6.45) is 2.85. The Morgan fingerprint density at radius 3 is 2.40 bits per heavy atom. The maximum Gasteiger partial charge on any atom is 0.239 e. The lowest BCUT2D eigenvalue weighted by Crippen LogP contribution is -2.48. The highest BCUT2D eigenvalue weighted by Gasteiger charge is 2.27. The monoisotopic (exact) mass is 274 g/mol. The molecule has 1 fully saturated rings. The Labute approximate surface area is 122 Å². The van der Waals surface area contributed by atoms with E-state index in [2.05, 4.69) is 13.8 Å². The number of nitrogens with zero attached hydrogens (tertiary/aromatic N) is 1. The zero-order valence-electron chi connectivity index (χ0n) is 12.6. The van der Waals surface area contributed by atoms with Crippen LogP contribution in [0.3, 0.4) is 0 Å². The fourth-order valence-electron chi connectivity index (χ4n) is 2.98. The molecule has 0 spiro atoms. The van der Waals surface area contributed by atoms with E-state index in [-0.39, 0.29) is 5.91 Å². The highest BCUT2D eigenvalue weighted by Crippen LogP contribution is 2.24. The van der Waals surface area contributed by atoms with Crippen molar-refractivity contribution in [2.24, 2.45) is 17.6 Å². The number of amides is 1. The van der Waals surface area contributed by atoms with Crippen molar-refractivity contribution in [1.82, 2.24) is 4.90 Å². The van der Waals surface area contributed by atoms with Gasteiger partial charge in [0.05, 0.1) is 6.04 Å². The molecule has 0 radical (unpaired) electrons. The average molecular weight is 274 g/mol. The molecule has 2 rings (SSSR count). The standard InChI is InChI=1S/C17H26N2O/c1-13(2)15-8-10-19(11-9-15)17(20)16(18)12-14-6-4-3-5-7-14/h3-7,13,15-16H,8-12,18H2,1-2H3/t16-/m1/s1. The summed E-state index contributed by atoms with van der Waals surface area (Å²) in [7, 11) is 0. The van der Waals surface area contributed by atoms with Crippen LogP contribution in [0.2, 0.25) is 0 Å². The predicted molar refractivity (Wildman–Crippen MR) is 82.3 cm³/mol. The van der Waals surface area contributed by atoms with Gasteiger partial charge in [-0.1, -0.05) is 44.2 Å². The summed E-state index contributed by atoms with van der Waals surface area (Å²) >= 11 is 0.